The van der Waals surface area contributed by atoms with Gasteiger partial charge in [0.25, 0.3) is 5.91 Å². The predicted octanol–water partition coefficient (Wildman–Crippen LogP) is 2.64. The van der Waals surface area contributed by atoms with Crippen LogP contribution in [0.2, 0.25) is 0 Å². The number of carbonyl (C=O) groups excluding carboxylic acids is 1. The standard InChI is InChI=1S/C15H25N3OS/c1-10-5-6-18(11(7-10)8-16)13(19)12-9-17-14(20-12)15(2,3)4/h9-11H,5-8,16H2,1-4H3. The Morgan fingerprint density at radius 1 is 1.55 bits per heavy atom. The van der Waals surface area contributed by atoms with E-state index in [1.807, 2.05) is 4.90 Å². The third-order valence-corrected chi connectivity index (χ3v) is 5.28. The van der Waals surface area contributed by atoms with E-state index in [1.165, 1.54) is 11.3 Å². The van der Waals surface area contributed by atoms with Gasteiger partial charge < -0.3 is 10.6 Å². The van der Waals surface area contributed by atoms with Crippen LogP contribution < -0.4 is 5.73 Å². The van der Waals surface area contributed by atoms with Gasteiger partial charge in [0.1, 0.15) is 4.88 Å². The zero-order chi connectivity index (χ0) is 14.9. The van der Waals surface area contributed by atoms with Gasteiger partial charge in [0.2, 0.25) is 0 Å². The first-order chi connectivity index (χ1) is 9.32. The number of likely N-dealkylation sites (tertiary alicyclic amines) is 1. The predicted molar refractivity (Wildman–Crippen MR) is 83.1 cm³/mol. The van der Waals surface area contributed by atoms with Crippen molar-refractivity contribution in [2.24, 2.45) is 11.7 Å². The Kier molecular flexibility index (Phi) is 4.49. The third-order valence-electron chi connectivity index (χ3n) is 3.87. The first-order valence-electron chi connectivity index (χ1n) is 7.30. The van der Waals surface area contributed by atoms with Crippen LogP contribution in [-0.4, -0.2) is 34.9 Å². The molecule has 5 heteroatoms. The fourth-order valence-electron chi connectivity index (χ4n) is 2.60. The van der Waals surface area contributed by atoms with E-state index in [4.69, 9.17) is 5.73 Å². The molecule has 1 aromatic heterocycles. The topological polar surface area (TPSA) is 59.2 Å². The van der Waals surface area contributed by atoms with Crippen molar-refractivity contribution in [2.75, 3.05) is 13.1 Å². The van der Waals surface area contributed by atoms with Crippen molar-refractivity contribution in [3.63, 3.8) is 0 Å². The average molecular weight is 295 g/mol. The minimum absolute atomic E-state index is 0.00707. The number of rotatable bonds is 2. The SMILES string of the molecule is CC1CCN(C(=O)c2cnc(C(C)(C)C)s2)C(CN)C1. The number of nitrogens with two attached hydrogens (primary N) is 1. The lowest BCUT2D eigenvalue weighted by Gasteiger charge is -2.37. The van der Waals surface area contributed by atoms with Crippen molar-refractivity contribution in [3.8, 4) is 0 Å². The van der Waals surface area contributed by atoms with E-state index >= 15 is 0 Å². The molecular weight excluding hydrogens is 270 g/mol. The highest BCUT2D eigenvalue weighted by Crippen LogP contribution is 2.29. The molecule has 112 valence electrons. The molecule has 2 N–H and O–H groups in total. The molecule has 2 atom stereocenters. The Balaban J connectivity index is 2.16. The van der Waals surface area contributed by atoms with Crippen LogP contribution in [0.15, 0.2) is 6.20 Å². The molecular formula is C15H25N3OS. The van der Waals surface area contributed by atoms with Crippen LogP contribution in [-0.2, 0) is 5.41 Å². The second-order valence-electron chi connectivity index (χ2n) is 6.80. The van der Waals surface area contributed by atoms with Crippen molar-refractivity contribution >= 4 is 17.2 Å². The minimum Gasteiger partial charge on any atom is -0.334 e. The molecule has 2 heterocycles. The fraction of sp³-hybridized carbons (Fsp3) is 0.733. The maximum absolute atomic E-state index is 12.7. The monoisotopic (exact) mass is 295 g/mol. The van der Waals surface area contributed by atoms with Gasteiger partial charge in [0.05, 0.1) is 11.2 Å². The van der Waals surface area contributed by atoms with E-state index in [9.17, 15) is 4.79 Å². The van der Waals surface area contributed by atoms with Crippen LogP contribution in [0, 0.1) is 5.92 Å². The molecule has 2 unspecified atom stereocenters. The number of piperidine rings is 1. The number of hydrogen-bond donors (Lipinski definition) is 1. The van der Waals surface area contributed by atoms with E-state index in [2.05, 4.69) is 32.7 Å². The minimum atomic E-state index is -0.00707. The maximum Gasteiger partial charge on any atom is 0.265 e. The van der Waals surface area contributed by atoms with Gasteiger partial charge in [0, 0.05) is 24.5 Å². The van der Waals surface area contributed by atoms with Crippen molar-refractivity contribution in [1.82, 2.24) is 9.88 Å². The zero-order valence-electron chi connectivity index (χ0n) is 12.8. The molecule has 0 bridgehead atoms. The Bertz CT molecular complexity index is 478. The molecule has 2 rings (SSSR count). The van der Waals surface area contributed by atoms with E-state index in [1.54, 1.807) is 6.20 Å². The molecule has 20 heavy (non-hydrogen) atoms. The number of carbonyl (C=O) groups is 1. The zero-order valence-corrected chi connectivity index (χ0v) is 13.7. The van der Waals surface area contributed by atoms with Crippen LogP contribution in [0.5, 0.6) is 0 Å². The first kappa shape index (κ1) is 15.4. The second kappa shape index (κ2) is 5.82. The largest absolute Gasteiger partial charge is 0.334 e. The van der Waals surface area contributed by atoms with E-state index in [-0.39, 0.29) is 17.4 Å². The molecule has 1 fully saturated rings. The van der Waals surface area contributed by atoms with Crippen molar-refractivity contribution in [3.05, 3.63) is 16.1 Å². The van der Waals surface area contributed by atoms with E-state index < -0.39 is 0 Å². The van der Waals surface area contributed by atoms with Gasteiger partial charge in [-0.15, -0.1) is 11.3 Å². The number of aromatic nitrogens is 1. The molecule has 1 saturated heterocycles. The Morgan fingerprint density at radius 2 is 2.25 bits per heavy atom. The smallest absolute Gasteiger partial charge is 0.265 e. The van der Waals surface area contributed by atoms with Gasteiger partial charge in [-0.1, -0.05) is 27.7 Å². The third kappa shape index (κ3) is 3.20. The summed E-state index contributed by atoms with van der Waals surface area (Å²) in [5.74, 6) is 0.750. The van der Waals surface area contributed by atoms with Crippen molar-refractivity contribution in [2.45, 2.75) is 52.0 Å². The molecule has 1 aliphatic heterocycles. The molecule has 0 saturated carbocycles. The molecule has 0 aromatic carbocycles. The molecule has 4 nitrogen and oxygen atoms in total. The average Bonchev–Trinajstić information content (AvgIpc) is 2.87. The summed E-state index contributed by atoms with van der Waals surface area (Å²) in [5.41, 5.74) is 5.83. The lowest BCUT2D eigenvalue weighted by Crippen LogP contribution is -2.49. The quantitative estimate of drug-likeness (QED) is 0.912. The lowest BCUT2D eigenvalue weighted by molar-refractivity contribution is 0.0578. The second-order valence-corrected chi connectivity index (χ2v) is 7.83. The van der Waals surface area contributed by atoms with Crippen LogP contribution in [0.4, 0.5) is 0 Å². The van der Waals surface area contributed by atoms with Gasteiger partial charge in [0.15, 0.2) is 0 Å². The number of hydrogen-bond acceptors (Lipinski definition) is 4. The van der Waals surface area contributed by atoms with Crippen LogP contribution >= 0.6 is 11.3 Å². The Morgan fingerprint density at radius 3 is 2.80 bits per heavy atom. The molecule has 1 amide bonds. The first-order valence-corrected chi connectivity index (χ1v) is 8.12. The van der Waals surface area contributed by atoms with Crippen molar-refractivity contribution < 1.29 is 4.79 Å². The van der Waals surface area contributed by atoms with Crippen molar-refractivity contribution in [1.29, 1.82) is 0 Å². The van der Waals surface area contributed by atoms with Gasteiger partial charge in [-0.05, 0) is 18.8 Å². The summed E-state index contributed by atoms with van der Waals surface area (Å²) < 4.78 is 0. The van der Waals surface area contributed by atoms with Crippen LogP contribution in [0.3, 0.4) is 0 Å². The Labute approximate surface area is 125 Å². The Hall–Kier alpha value is -0.940. The van der Waals surface area contributed by atoms with E-state index in [0.29, 0.717) is 12.5 Å². The summed E-state index contributed by atoms with van der Waals surface area (Å²) in [7, 11) is 0. The van der Waals surface area contributed by atoms with Gasteiger partial charge in [-0.2, -0.15) is 0 Å². The van der Waals surface area contributed by atoms with Gasteiger partial charge in [-0.25, -0.2) is 4.98 Å². The number of nitrogens with zero attached hydrogens (tertiary/aromatic N) is 2. The lowest BCUT2D eigenvalue weighted by atomic mass is 9.92. The highest BCUT2D eigenvalue weighted by Gasteiger charge is 2.31. The summed E-state index contributed by atoms with van der Waals surface area (Å²) in [6, 6.07) is 0.173. The summed E-state index contributed by atoms with van der Waals surface area (Å²) in [6.07, 6.45) is 3.79. The maximum atomic E-state index is 12.7. The van der Waals surface area contributed by atoms with Crippen LogP contribution in [0.1, 0.15) is 55.2 Å². The fourth-order valence-corrected chi connectivity index (χ4v) is 3.53. The van der Waals surface area contributed by atoms with Gasteiger partial charge >= 0.3 is 0 Å². The summed E-state index contributed by atoms with van der Waals surface area (Å²) in [5, 5.41) is 1.01. The molecule has 1 aliphatic rings. The highest BCUT2D eigenvalue weighted by atomic mass is 32.1. The summed E-state index contributed by atoms with van der Waals surface area (Å²) in [4.78, 5) is 19.7. The van der Waals surface area contributed by atoms with Gasteiger partial charge in [-0.3, -0.25) is 4.79 Å². The molecule has 1 aromatic rings. The summed E-state index contributed by atoms with van der Waals surface area (Å²) >= 11 is 1.51. The number of amides is 1. The highest BCUT2D eigenvalue weighted by molar-refractivity contribution is 7.13. The van der Waals surface area contributed by atoms with Crippen LogP contribution in [0.25, 0.3) is 0 Å². The summed E-state index contributed by atoms with van der Waals surface area (Å²) in [6.45, 7) is 9.93. The normalized spacial score (nSPS) is 23.9. The molecule has 0 radical (unpaired) electrons. The molecule has 0 aliphatic carbocycles. The number of thiazole rings is 1. The molecule has 0 spiro atoms. The van der Waals surface area contributed by atoms with E-state index in [0.717, 1.165) is 29.3 Å².